The van der Waals surface area contributed by atoms with Gasteiger partial charge in [-0.05, 0) is 24.7 Å². The Morgan fingerprint density at radius 2 is 2.05 bits per heavy atom. The van der Waals surface area contributed by atoms with Gasteiger partial charge in [-0.25, -0.2) is 4.79 Å². The monoisotopic (exact) mass is 285 g/mol. The number of hydrogen-bond donors (Lipinski definition) is 1. The standard InChI is InChI=1S/C15H27NO4/c1-5-12(17)13(15(2,3)4)16-14(18)20-10-11-8-6-7-9-19-11/h11,13H,5-10H2,1-4H3,(H,16,18). The van der Waals surface area contributed by atoms with Crippen LogP contribution in [0.25, 0.3) is 0 Å². The maximum absolute atomic E-state index is 11.9. The van der Waals surface area contributed by atoms with Gasteiger partial charge in [0.25, 0.3) is 0 Å². The van der Waals surface area contributed by atoms with Crippen LogP contribution in [0.3, 0.4) is 0 Å². The Morgan fingerprint density at radius 3 is 2.55 bits per heavy atom. The largest absolute Gasteiger partial charge is 0.447 e. The molecule has 0 aromatic carbocycles. The molecular formula is C15H27NO4. The maximum Gasteiger partial charge on any atom is 0.407 e. The fraction of sp³-hybridized carbons (Fsp3) is 0.867. The molecule has 0 radical (unpaired) electrons. The molecule has 2 atom stereocenters. The van der Waals surface area contributed by atoms with Crippen LogP contribution in [0.15, 0.2) is 0 Å². The van der Waals surface area contributed by atoms with Crippen molar-refractivity contribution in [3.05, 3.63) is 0 Å². The van der Waals surface area contributed by atoms with E-state index in [9.17, 15) is 9.59 Å². The third kappa shape index (κ3) is 5.49. The van der Waals surface area contributed by atoms with E-state index < -0.39 is 12.1 Å². The van der Waals surface area contributed by atoms with Crippen LogP contribution in [0.5, 0.6) is 0 Å². The van der Waals surface area contributed by atoms with Crippen LogP contribution in [0.4, 0.5) is 4.79 Å². The second-order valence-electron chi connectivity index (χ2n) is 6.35. The lowest BCUT2D eigenvalue weighted by Gasteiger charge is -2.30. The second-order valence-corrected chi connectivity index (χ2v) is 6.35. The molecule has 1 amide bonds. The van der Waals surface area contributed by atoms with Crippen molar-refractivity contribution in [3.63, 3.8) is 0 Å². The molecular weight excluding hydrogens is 258 g/mol. The van der Waals surface area contributed by atoms with Gasteiger partial charge in [0.2, 0.25) is 0 Å². The zero-order chi connectivity index (χ0) is 15.2. The van der Waals surface area contributed by atoms with Gasteiger partial charge in [-0.15, -0.1) is 0 Å². The molecule has 5 heteroatoms. The van der Waals surface area contributed by atoms with Crippen LogP contribution >= 0.6 is 0 Å². The number of ether oxygens (including phenoxy) is 2. The number of ketones is 1. The van der Waals surface area contributed by atoms with Gasteiger partial charge in [-0.2, -0.15) is 0 Å². The second kappa shape index (κ2) is 7.62. The summed E-state index contributed by atoms with van der Waals surface area (Å²) < 4.78 is 10.7. The highest BCUT2D eigenvalue weighted by Crippen LogP contribution is 2.21. The Morgan fingerprint density at radius 1 is 1.35 bits per heavy atom. The van der Waals surface area contributed by atoms with Gasteiger partial charge >= 0.3 is 6.09 Å². The summed E-state index contributed by atoms with van der Waals surface area (Å²) in [5.74, 6) is 0.0170. The van der Waals surface area contributed by atoms with Gasteiger partial charge in [0.1, 0.15) is 6.61 Å². The fourth-order valence-corrected chi connectivity index (χ4v) is 2.25. The molecule has 0 spiro atoms. The molecule has 1 fully saturated rings. The molecule has 1 N–H and O–H groups in total. The van der Waals surface area contributed by atoms with E-state index in [1.807, 2.05) is 20.8 Å². The Kier molecular flexibility index (Phi) is 6.46. The topological polar surface area (TPSA) is 64.6 Å². The van der Waals surface area contributed by atoms with Crippen molar-refractivity contribution in [2.45, 2.75) is 65.5 Å². The summed E-state index contributed by atoms with van der Waals surface area (Å²) in [6, 6.07) is -0.521. The minimum atomic E-state index is -0.541. The van der Waals surface area contributed by atoms with Crippen LogP contribution in [-0.4, -0.2) is 37.2 Å². The minimum absolute atomic E-state index is 0.00976. The van der Waals surface area contributed by atoms with Gasteiger partial charge in [0.05, 0.1) is 12.1 Å². The predicted octanol–water partition coefficient (Wildman–Crippen LogP) is 2.68. The smallest absolute Gasteiger partial charge is 0.407 e. The van der Waals surface area contributed by atoms with Crippen LogP contribution in [0.1, 0.15) is 53.4 Å². The van der Waals surface area contributed by atoms with Crippen LogP contribution in [-0.2, 0) is 14.3 Å². The molecule has 5 nitrogen and oxygen atoms in total. The van der Waals surface area contributed by atoms with E-state index in [-0.39, 0.29) is 23.9 Å². The van der Waals surface area contributed by atoms with E-state index in [0.29, 0.717) is 6.42 Å². The summed E-state index contributed by atoms with van der Waals surface area (Å²) in [6.45, 7) is 8.56. The number of hydrogen-bond acceptors (Lipinski definition) is 4. The first-order valence-corrected chi connectivity index (χ1v) is 7.42. The quantitative estimate of drug-likeness (QED) is 0.843. The first-order chi connectivity index (χ1) is 9.34. The van der Waals surface area contributed by atoms with Crippen LogP contribution < -0.4 is 5.32 Å². The lowest BCUT2D eigenvalue weighted by atomic mass is 9.83. The molecule has 1 aliphatic rings. The Bertz CT molecular complexity index is 329. The van der Waals surface area contributed by atoms with Gasteiger partial charge in [-0.1, -0.05) is 27.7 Å². The summed E-state index contributed by atoms with van der Waals surface area (Å²) >= 11 is 0. The minimum Gasteiger partial charge on any atom is -0.447 e. The summed E-state index contributed by atoms with van der Waals surface area (Å²) in [7, 11) is 0. The third-order valence-electron chi connectivity index (χ3n) is 3.47. The molecule has 0 aliphatic carbocycles. The molecule has 1 rings (SSSR count). The highest BCUT2D eigenvalue weighted by atomic mass is 16.6. The molecule has 1 saturated heterocycles. The Labute approximate surface area is 121 Å². The number of rotatable bonds is 5. The highest BCUT2D eigenvalue weighted by molar-refractivity contribution is 5.87. The summed E-state index contributed by atoms with van der Waals surface area (Å²) in [5, 5.41) is 2.68. The first-order valence-electron chi connectivity index (χ1n) is 7.42. The zero-order valence-electron chi connectivity index (χ0n) is 13.0. The highest BCUT2D eigenvalue weighted by Gasteiger charge is 2.32. The summed E-state index contributed by atoms with van der Waals surface area (Å²) in [5.41, 5.74) is -0.326. The number of nitrogens with one attached hydrogen (secondary N) is 1. The SMILES string of the molecule is CCC(=O)C(NC(=O)OCC1CCCCO1)C(C)(C)C. The third-order valence-corrected chi connectivity index (χ3v) is 3.47. The van der Waals surface area contributed by atoms with E-state index in [1.54, 1.807) is 6.92 Å². The van der Waals surface area contributed by atoms with E-state index in [0.717, 1.165) is 25.9 Å². The van der Waals surface area contributed by atoms with Gasteiger partial charge in [-0.3, -0.25) is 4.79 Å². The van der Waals surface area contributed by atoms with Gasteiger partial charge in [0.15, 0.2) is 5.78 Å². The maximum atomic E-state index is 11.9. The lowest BCUT2D eigenvalue weighted by Crippen LogP contribution is -2.49. The molecule has 1 aliphatic heterocycles. The van der Waals surface area contributed by atoms with Crippen LogP contribution in [0, 0.1) is 5.41 Å². The zero-order valence-corrected chi connectivity index (χ0v) is 13.0. The number of amides is 1. The molecule has 0 bridgehead atoms. The molecule has 0 aromatic heterocycles. The molecule has 20 heavy (non-hydrogen) atoms. The van der Waals surface area contributed by atoms with Crippen LogP contribution in [0.2, 0.25) is 0 Å². The lowest BCUT2D eigenvalue weighted by molar-refractivity contribution is -0.123. The molecule has 2 unspecified atom stereocenters. The number of Topliss-reactive ketones (excluding diaryl/α,β-unsaturated/α-hetero) is 1. The van der Waals surface area contributed by atoms with Crippen molar-refractivity contribution in [1.82, 2.24) is 5.32 Å². The van der Waals surface area contributed by atoms with Crippen molar-refractivity contribution in [2.75, 3.05) is 13.2 Å². The average Bonchev–Trinajstić information content (AvgIpc) is 2.41. The molecule has 116 valence electrons. The van der Waals surface area contributed by atoms with E-state index in [1.165, 1.54) is 0 Å². The number of alkyl carbamates (subject to hydrolysis) is 1. The van der Waals surface area contributed by atoms with Crippen molar-refractivity contribution in [2.24, 2.45) is 5.41 Å². The van der Waals surface area contributed by atoms with E-state index >= 15 is 0 Å². The molecule has 0 saturated carbocycles. The normalized spacial score (nSPS) is 21.1. The first kappa shape index (κ1) is 17.0. The number of carbonyl (C=O) groups excluding carboxylic acids is 2. The van der Waals surface area contributed by atoms with Crippen molar-refractivity contribution in [1.29, 1.82) is 0 Å². The van der Waals surface area contributed by atoms with Crippen molar-refractivity contribution >= 4 is 11.9 Å². The van der Waals surface area contributed by atoms with E-state index in [2.05, 4.69) is 5.32 Å². The predicted molar refractivity (Wildman–Crippen MR) is 76.6 cm³/mol. The molecule has 1 heterocycles. The van der Waals surface area contributed by atoms with Crippen molar-refractivity contribution < 1.29 is 19.1 Å². The Balaban J connectivity index is 2.43. The Hall–Kier alpha value is -1.10. The van der Waals surface area contributed by atoms with Gasteiger partial charge < -0.3 is 14.8 Å². The van der Waals surface area contributed by atoms with E-state index in [4.69, 9.17) is 9.47 Å². The average molecular weight is 285 g/mol. The fourth-order valence-electron chi connectivity index (χ4n) is 2.25. The molecule has 0 aromatic rings. The summed E-state index contributed by atoms with van der Waals surface area (Å²) in [4.78, 5) is 23.7. The summed E-state index contributed by atoms with van der Waals surface area (Å²) in [6.07, 6.45) is 2.94. The van der Waals surface area contributed by atoms with Gasteiger partial charge in [0, 0.05) is 13.0 Å². The number of carbonyl (C=O) groups is 2. The van der Waals surface area contributed by atoms with Crippen molar-refractivity contribution in [3.8, 4) is 0 Å².